The minimum absolute atomic E-state index is 0.0112. The summed E-state index contributed by atoms with van der Waals surface area (Å²) >= 11 is 11.5. The first-order chi connectivity index (χ1) is 18.1. The topological polar surface area (TPSA) is 78.5 Å². The molecule has 0 aliphatic carbocycles. The summed E-state index contributed by atoms with van der Waals surface area (Å²) < 4.78 is 5.74. The van der Waals surface area contributed by atoms with Crippen LogP contribution in [0.2, 0.25) is 5.02 Å². The Morgan fingerprint density at radius 1 is 1.08 bits per heavy atom. The Hall–Kier alpha value is -2.68. The Kier molecular flexibility index (Phi) is 13.2. The number of hydrogen-bond donors (Lipinski definition) is 3. The summed E-state index contributed by atoms with van der Waals surface area (Å²) in [6.45, 7) is 5.51. The van der Waals surface area contributed by atoms with Crippen LogP contribution >= 0.6 is 23.8 Å². The normalized spacial score (nSPS) is 13.9. The van der Waals surface area contributed by atoms with Crippen molar-refractivity contribution in [2.45, 2.75) is 45.1 Å². The molecule has 200 valence electrons. The first-order valence-corrected chi connectivity index (χ1v) is 13.9. The molecule has 1 aromatic carbocycles. The van der Waals surface area contributed by atoms with E-state index < -0.39 is 0 Å². The Balaban J connectivity index is 1.19. The van der Waals surface area contributed by atoms with E-state index >= 15 is 0 Å². The van der Waals surface area contributed by atoms with E-state index in [2.05, 4.69) is 31.9 Å². The number of rotatable bonds is 14. The van der Waals surface area contributed by atoms with Crippen LogP contribution in [0, 0.1) is 0 Å². The highest BCUT2D eigenvalue weighted by molar-refractivity contribution is 7.80. The lowest BCUT2D eigenvalue weighted by molar-refractivity contribution is -0.120. The highest BCUT2D eigenvalue weighted by Crippen LogP contribution is 2.16. The molecule has 2 heterocycles. The second-order valence-electron chi connectivity index (χ2n) is 9.05. The lowest BCUT2D eigenvalue weighted by atomic mass is 10.1. The van der Waals surface area contributed by atoms with Crippen LogP contribution in [0.1, 0.15) is 43.2 Å². The molecule has 1 fully saturated rings. The lowest BCUT2D eigenvalue weighted by Crippen LogP contribution is -2.37. The first kappa shape index (κ1) is 28.9. The zero-order chi connectivity index (χ0) is 26.1. The maximum Gasteiger partial charge on any atom is 0.220 e. The number of carbonyl (C=O) groups excluding carboxylic acids is 1. The summed E-state index contributed by atoms with van der Waals surface area (Å²) in [4.78, 5) is 18.8. The van der Waals surface area contributed by atoms with Crippen LogP contribution in [0.15, 0.2) is 54.7 Å². The van der Waals surface area contributed by atoms with Crippen LogP contribution in [0.25, 0.3) is 0 Å². The van der Waals surface area contributed by atoms with Gasteiger partial charge >= 0.3 is 0 Å². The molecular weight excluding hydrogens is 506 g/mol. The number of halogens is 1. The van der Waals surface area contributed by atoms with E-state index in [9.17, 15) is 4.79 Å². The predicted octanol–water partition coefficient (Wildman–Crippen LogP) is 4.26. The van der Waals surface area contributed by atoms with Gasteiger partial charge in [-0.25, -0.2) is 4.98 Å². The number of piperidine rings is 1. The van der Waals surface area contributed by atoms with Crippen LogP contribution < -0.4 is 20.7 Å². The van der Waals surface area contributed by atoms with E-state index in [0.29, 0.717) is 50.1 Å². The largest absolute Gasteiger partial charge is 0.473 e. The highest BCUT2D eigenvalue weighted by Gasteiger charge is 2.11. The molecule has 0 radical (unpaired) electrons. The molecule has 9 heteroatoms. The molecule has 7 nitrogen and oxygen atoms in total. The van der Waals surface area contributed by atoms with Gasteiger partial charge in [0.05, 0.1) is 0 Å². The quantitative estimate of drug-likeness (QED) is 0.187. The molecule has 1 amide bonds. The van der Waals surface area contributed by atoms with Crippen LogP contribution in [-0.4, -0.2) is 60.2 Å². The molecule has 3 N–H and O–H groups in total. The molecule has 0 spiro atoms. The van der Waals surface area contributed by atoms with Crippen LogP contribution in [0.3, 0.4) is 0 Å². The fourth-order valence-electron chi connectivity index (χ4n) is 4.07. The number of nitrogens with zero attached hydrogens (tertiary/aromatic N) is 2. The Morgan fingerprint density at radius 3 is 2.73 bits per heavy atom. The van der Waals surface area contributed by atoms with Gasteiger partial charge in [0.1, 0.15) is 6.61 Å². The Labute approximate surface area is 231 Å². The lowest BCUT2D eigenvalue weighted by Gasteiger charge is -2.26. The third-order valence-corrected chi connectivity index (χ3v) is 6.73. The van der Waals surface area contributed by atoms with E-state index in [1.165, 1.54) is 37.9 Å². The standard InChI is InChI=1S/C28H38ClN5O2S/c29-25-10-3-2-9-24(25)13-17-33-28(37)32-15-8-11-26(35)30-14-4-7-20-36-27-21-23(12-16-31-27)22-34-18-5-1-6-19-34/h2-4,7,9-10,12,16,21H,1,5-6,8,11,13-15,17-20,22H2,(H,30,35)(H2,32,33,37)/b7-4-. The van der Waals surface area contributed by atoms with Crippen molar-refractivity contribution in [3.63, 3.8) is 0 Å². The van der Waals surface area contributed by atoms with Gasteiger partial charge in [-0.3, -0.25) is 9.69 Å². The molecule has 0 atom stereocenters. The number of amides is 1. The van der Waals surface area contributed by atoms with Crippen molar-refractivity contribution in [1.82, 2.24) is 25.8 Å². The van der Waals surface area contributed by atoms with E-state index in [1.807, 2.05) is 42.5 Å². The number of pyridine rings is 1. The van der Waals surface area contributed by atoms with Gasteiger partial charge in [-0.05, 0) is 80.3 Å². The summed E-state index contributed by atoms with van der Waals surface area (Å²) in [5.74, 6) is 0.643. The van der Waals surface area contributed by atoms with E-state index in [0.717, 1.165) is 23.6 Å². The van der Waals surface area contributed by atoms with Crippen molar-refractivity contribution >= 4 is 34.8 Å². The van der Waals surface area contributed by atoms with Gasteiger partial charge in [0.15, 0.2) is 5.11 Å². The zero-order valence-electron chi connectivity index (χ0n) is 21.4. The summed E-state index contributed by atoms with van der Waals surface area (Å²) in [5, 5.41) is 10.5. The molecule has 2 aromatic rings. The maximum atomic E-state index is 12.0. The molecule has 1 aromatic heterocycles. The zero-order valence-corrected chi connectivity index (χ0v) is 23.0. The molecule has 0 unspecified atom stereocenters. The summed E-state index contributed by atoms with van der Waals surface area (Å²) in [6, 6.07) is 11.8. The number of thiocarbonyl (C=S) groups is 1. The predicted molar refractivity (Wildman–Crippen MR) is 154 cm³/mol. The van der Waals surface area contributed by atoms with Crippen molar-refractivity contribution < 1.29 is 9.53 Å². The SMILES string of the molecule is O=C(CCCNC(=S)NCCc1ccccc1Cl)NC/C=C\COc1cc(CN2CCCCC2)ccn1. The fourth-order valence-corrected chi connectivity index (χ4v) is 4.51. The van der Waals surface area contributed by atoms with Gasteiger partial charge < -0.3 is 20.7 Å². The number of hydrogen-bond acceptors (Lipinski definition) is 5. The van der Waals surface area contributed by atoms with Crippen molar-refractivity contribution in [1.29, 1.82) is 0 Å². The van der Waals surface area contributed by atoms with Gasteiger partial charge in [-0.1, -0.05) is 42.3 Å². The first-order valence-electron chi connectivity index (χ1n) is 13.1. The van der Waals surface area contributed by atoms with E-state index in [-0.39, 0.29) is 5.91 Å². The molecule has 1 aliphatic rings. The van der Waals surface area contributed by atoms with Gasteiger partial charge in [0.2, 0.25) is 11.8 Å². The van der Waals surface area contributed by atoms with Crippen LogP contribution in [-0.2, 0) is 17.8 Å². The summed E-state index contributed by atoms with van der Waals surface area (Å²) in [6.07, 6.45) is 11.4. The number of aromatic nitrogens is 1. The van der Waals surface area contributed by atoms with Crippen molar-refractivity contribution in [3.8, 4) is 5.88 Å². The number of benzene rings is 1. The average molecular weight is 544 g/mol. The van der Waals surface area contributed by atoms with Gasteiger partial charge in [-0.15, -0.1) is 0 Å². The van der Waals surface area contributed by atoms with Gasteiger partial charge in [0.25, 0.3) is 0 Å². The average Bonchev–Trinajstić information content (AvgIpc) is 2.90. The molecule has 3 rings (SSSR count). The minimum atomic E-state index is 0.0112. The number of carbonyl (C=O) groups is 1. The van der Waals surface area contributed by atoms with Crippen molar-refractivity contribution in [2.24, 2.45) is 0 Å². The Bertz CT molecular complexity index is 1010. The van der Waals surface area contributed by atoms with Gasteiger partial charge in [0, 0.05) is 49.9 Å². The van der Waals surface area contributed by atoms with Gasteiger partial charge in [-0.2, -0.15) is 0 Å². The number of likely N-dealkylation sites (tertiary alicyclic amines) is 1. The third kappa shape index (κ3) is 11.9. The second-order valence-corrected chi connectivity index (χ2v) is 9.87. The molecule has 37 heavy (non-hydrogen) atoms. The third-order valence-electron chi connectivity index (χ3n) is 6.07. The monoisotopic (exact) mass is 543 g/mol. The molecule has 0 bridgehead atoms. The van der Waals surface area contributed by atoms with E-state index in [4.69, 9.17) is 28.6 Å². The number of nitrogens with one attached hydrogen (secondary N) is 3. The molecular formula is C28H38ClN5O2S. The van der Waals surface area contributed by atoms with Crippen molar-refractivity contribution in [3.05, 3.63) is 70.9 Å². The summed E-state index contributed by atoms with van der Waals surface area (Å²) in [7, 11) is 0. The molecule has 0 saturated carbocycles. The van der Waals surface area contributed by atoms with E-state index in [1.54, 1.807) is 6.20 Å². The molecule has 1 aliphatic heterocycles. The van der Waals surface area contributed by atoms with Crippen LogP contribution in [0.5, 0.6) is 5.88 Å². The van der Waals surface area contributed by atoms with Crippen molar-refractivity contribution in [2.75, 3.05) is 39.3 Å². The molecule has 1 saturated heterocycles. The minimum Gasteiger partial charge on any atom is -0.473 e. The Morgan fingerprint density at radius 2 is 1.89 bits per heavy atom. The second kappa shape index (κ2) is 16.9. The van der Waals surface area contributed by atoms with Crippen LogP contribution in [0.4, 0.5) is 0 Å². The fraction of sp³-hybridized carbons (Fsp3) is 0.464. The highest BCUT2D eigenvalue weighted by atomic mass is 35.5. The smallest absolute Gasteiger partial charge is 0.220 e. The maximum absolute atomic E-state index is 12.0. The number of ether oxygens (including phenoxy) is 1. The summed E-state index contributed by atoms with van der Waals surface area (Å²) in [5.41, 5.74) is 2.32.